The minimum Gasteiger partial charge on any atom is -0.492 e. The van der Waals surface area contributed by atoms with Gasteiger partial charge in [0.05, 0.1) is 21.6 Å². The molecule has 0 aliphatic heterocycles. The molecule has 4 rings (SSSR count). The van der Waals surface area contributed by atoms with Gasteiger partial charge in [-0.2, -0.15) is 0 Å². The fraction of sp³-hybridized carbons (Fsp3) is 0.344. The molecular weight excluding hydrogens is 640 g/mol. The number of hydrogen-bond acceptors (Lipinski definition) is 3. The summed E-state index contributed by atoms with van der Waals surface area (Å²) in [6.07, 6.45) is 7.72. The number of aromatic nitrogens is 1. The van der Waals surface area contributed by atoms with E-state index < -0.39 is 0 Å². The summed E-state index contributed by atoms with van der Waals surface area (Å²) < 4.78 is 9.79. The van der Waals surface area contributed by atoms with E-state index in [-0.39, 0.29) is 5.78 Å². The third kappa shape index (κ3) is 7.35. The molecular formula is C32H35Br2ClN2O2. The van der Waals surface area contributed by atoms with Crippen LogP contribution in [0, 0.1) is 0 Å². The van der Waals surface area contributed by atoms with Crippen LogP contribution in [-0.2, 0) is 0 Å². The number of carbonyl (C=O) groups excluding carboxylic acids is 1. The first-order valence-corrected chi connectivity index (χ1v) is 15.6. The summed E-state index contributed by atoms with van der Waals surface area (Å²) in [6, 6.07) is 19.2. The van der Waals surface area contributed by atoms with Crippen molar-refractivity contribution in [3.05, 3.63) is 92.1 Å². The number of halogens is 3. The van der Waals surface area contributed by atoms with Crippen LogP contribution in [0.2, 0.25) is 5.02 Å². The number of nitrogens with zero attached hydrogens (tertiary/aromatic N) is 2. The number of ether oxygens (including phenoxy) is 1. The molecule has 0 spiro atoms. The Morgan fingerprint density at radius 3 is 2.36 bits per heavy atom. The lowest BCUT2D eigenvalue weighted by molar-refractivity contribution is 0.103. The Hall–Kier alpha value is -2.12. The zero-order valence-corrected chi connectivity index (χ0v) is 26.5. The topological polar surface area (TPSA) is 34.0 Å². The lowest BCUT2D eigenvalue weighted by Gasteiger charge is -2.22. The van der Waals surface area contributed by atoms with Gasteiger partial charge < -0.3 is 14.0 Å². The molecule has 2 aromatic carbocycles. The van der Waals surface area contributed by atoms with Gasteiger partial charge in [-0.05, 0) is 96.3 Å². The highest BCUT2D eigenvalue weighted by Gasteiger charge is 2.25. The number of unbranched alkanes of at least 4 members (excludes halogenated alkanes) is 2. The maximum atomic E-state index is 14.0. The number of pyridine rings is 1. The van der Waals surface area contributed by atoms with Crippen molar-refractivity contribution in [3.63, 3.8) is 0 Å². The Morgan fingerprint density at radius 2 is 1.67 bits per heavy atom. The van der Waals surface area contributed by atoms with Gasteiger partial charge in [-0.1, -0.05) is 72.4 Å². The van der Waals surface area contributed by atoms with Crippen LogP contribution in [0.15, 0.2) is 75.8 Å². The highest BCUT2D eigenvalue weighted by atomic mass is 79.9. The maximum absolute atomic E-state index is 14.0. The van der Waals surface area contributed by atoms with Crippen molar-refractivity contribution in [3.8, 4) is 16.9 Å². The minimum absolute atomic E-state index is 0.104. The van der Waals surface area contributed by atoms with Gasteiger partial charge in [-0.3, -0.25) is 4.79 Å². The molecule has 0 saturated heterocycles. The Kier molecular flexibility index (Phi) is 11.1. The summed E-state index contributed by atoms with van der Waals surface area (Å²) in [5.74, 6) is 0.503. The van der Waals surface area contributed by atoms with Crippen LogP contribution in [0.25, 0.3) is 16.6 Å². The van der Waals surface area contributed by atoms with E-state index in [1.165, 1.54) is 25.7 Å². The van der Waals surface area contributed by atoms with E-state index in [0.717, 1.165) is 51.6 Å². The molecule has 0 fully saturated rings. The summed E-state index contributed by atoms with van der Waals surface area (Å²) in [4.78, 5) is 16.5. The normalized spacial score (nSPS) is 11.4. The van der Waals surface area contributed by atoms with E-state index in [2.05, 4.69) is 50.6 Å². The van der Waals surface area contributed by atoms with Gasteiger partial charge in [0.15, 0.2) is 0 Å². The highest BCUT2D eigenvalue weighted by molar-refractivity contribution is 9.11. The Balaban J connectivity index is 1.52. The monoisotopic (exact) mass is 672 g/mol. The van der Waals surface area contributed by atoms with Crippen LogP contribution in [0.1, 0.15) is 62.0 Å². The van der Waals surface area contributed by atoms with E-state index in [1.807, 2.05) is 59.1 Å². The van der Waals surface area contributed by atoms with Gasteiger partial charge in [0.25, 0.3) is 0 Å². The summed E-state index contributed by atoms with van der Waals surface area (Å²) in [5.41, 5.74) is 3.82. The average Bonchev–Trinajstić information content (AvgIpc) is 3.24. The molecule has 0 aliphatic carbocycles. The van der Waals surface area contributed by atoms with Crippen LogP contribution in [0.3, 0.4) is 0 Å². The first-order chi connectivity index (χ1) is 18.9. The van der Waals surface area contributed by atoms with Gasteiger partial charge in [-0.15, -0.1) is 0 Å². The van der Waals surface area contributed by atoms with Crippen LogP contribution in [0.5, 0.6) is 5.75 Å². The lowest BCUT2D eigenvalue weighted by Crippen LogP contribution is -2.28. The van der Waals surface area contributed by atoms with Gasteiger partial charge in [0.1, 0.15) is 11.4 Å². The molecule has 2 heterocycles. The van der Waals surface area contributed by atoms with Gasteiger partial charge in [0.2, 0.25) is 5.78 Å². The van der Waals surface area contributed by atoms with E-state index >= 15 is 0 Å². The van der Waals surface area contributed by atoms with E-state index in [4.69, 9.17) is 16.3 Å². The molecule has 0 atom stereocenters. The fourth-order valence-electron chi connectivity index (χ4n) is 4.76. The van der Waals surface area contributed by atoms with E-state index in [9.17, 15) is 4.79 Å². The minimum atomic E-state index is -0.104. The van der Waals surface area contributed by atoms with Crippen LogP contribution in [0.4, 0.5) is 0 Å². The molecule has 39 heavy (non-hydrogen) atoms. The molecule has 0 amide bonds. The molecule has 0 bridgehead atoms. The van der Waals surface area contributed by atoms with E-state index in [1.54, 1.807) is 12.1 Å². The van der Waals surface area contributed by atoms with Gasteiger partial charge >= 0.3 is 0 Å². The maximum Gasteiger partial charge on any atom is 0.210 e. The van der Waals surface area contributed by atoms with E-state index in [0.29, 0.717) is 28.6 Å². The zero-order chi connectivity index (χ0) is 27.8. The summed E-state index contributed by atoms with van der Waals surface area (Å²) in [6.45, 7) is 8.35. The molecule has 0 unspecified atom stereocenters. The summed E-state index contributed by atoms with van der Waals surface area (Å²) in [5, 5.41) is 0.443. The van der Waals surface area contributed by atoms with Crippen molar-refractivity contribution >= 4 is 54.8 Å². The largest absolute Gasteiger partial charge is 0.492 e. The zero-order valence-electron chi connectivity index (χ0n) is 22.6. The first-order valence-electron chi connectivity index (χ1n) is 13.7. The van der Waals surface area contributed by atoms with Crippen LogP contribution < -0.4 is 4.74 Å². The predicted octanol–water partition coefficient (Wildman–Crippen LogP) is 9.69. The Morgan fingerprint density at radius 1 is 0.923 bits per heavy atom. The SMILES string of the molecule is CCCCN(CCCC)CCCOc1ccc(C(=O)c2c(-c3cccc(Br)c3)c(Br)c3ccccn23)cc1Cl. The molecule has 206 valence electrons. The quantitative estimate of drug-likeness (QED) is 0.0987. The summed E-state index contributed by atoms with van der Waals surface area (Å²) >= 11 is 14.0. The van der Waals surface area contributed by atoms with Crippen molar-refractivity contribution < 1.29 is 9.53 Å². The fourth-order valence-corrected chi connectivity index (χ4v) is 6.14. The number of carbonyl (C=O) groups is 1. The third-order valence-corrected chi connectivity index (χ3v) is 8.43. The molecule has 0 saturated carbocycles. The predicted molar refractivity (Wildman–Crippen MR) is 169 cm³/mol. The standard InChI is InChI=1S/C32H35Br2ClN2O2/c1-3-5-16-36(17-6-4-2)18-10-20-39-28-15-14-24(22-26(28)35)32(38)31-29(23-11-9-12-25(33)21-23)30(34)27-13-7-8-19-37(27)31/h7-9,11-15,19,21-22H,3-6,10,16-18,20H2,1-2H3. The van der Waals surface area contributed by atoms with Gasteiger partial charge in [0, 0.05) is 28.3 Å². The number of benzene rings is 2. The smallest absolute Gasteiger partial charge is 0.210 e. The van der Waals surface area contributed by atoms with Crippen molar-refractivity contribution in [2.24, 2.45) is 0 Å². The second-order valence-corrected chi connectivity index (χ2v) is 11.8. The average molecular weight is 675 g/mol. The molecule has 4 nitrogen and oxygen atoms in total. The Labute approximate surface area is 253 Å². The Bertz CT molecular complexity index is 1410. The second-order valence-electron chi connectivity index (χ2n) is 9.73. The van der Waals surface area contributed by atoms with Crippen molar-refractivity contribution in [1.82, 2.24) is 9.30 Å². The number of hydrogen-bond donors (Lipinski definition) is 0. The third-order valence-electron chi connectivity index (χ3n) is 6.84. The second kappa shape index (κ2) is 14.5. The molecule has 2 aromatic heterocycles. The molecule has 0 radical (unpaired) electrons. The van der Waals surface area contributed by atoms with Crippen LogP contribution >= 0.6 is 43.5 Å². The molecule has 0 aliphatic rings. The number of rotatable bonds is 14. The number of fused-ring (bicyclic) bond motifs is 1. The first kappa shape index (κ1) is 29.9. The van der Waals surface area contributed by atoms with Crippen molar-refractivity contribution in [2.75, 3.05) is 26.2 Å². The van der Waals surface area contributed by atoms with Crippen LogP contribution in [-0.4, -0.2) is 41.3 Å². The molecule has 7 heteroatoms. The number of ketones is 1. The molecule has 0 N–H and O–H groups in total. The van der Waals surface area contributed by atoms with Crippen molar-refractivity contribution in [1.29, 1.82) is 0 Å². The van der Waals surface area contributed by atoms with Gasteiger partial charge in [-0.25, -0.2) is 0 Å². The molecule has 4 aromatic rings. The summed E-state index contributed by atoms with van der Waals surface area (Å²) in [7, 11) is 0. The van der Waals surface area contributed by atoms with Crippen molar-refractivity contribution in [2.45, 2.75) is 46.0 Å². The lowest BCUT2D eigenvalue weighted by atomic mass is 10.00. The highest BCUT2D eigenvalue weighted by Crippen LogP contribution is 2.39.